The lowest BCUT2D eigenvalue weighted by molar-refractivity contribution is -0.0123. The second-order valence-electron chi connectivity index (χ2n) is 6.25. The largest absolute Gasteiger partial charge is 0.298 e. The predicted octanol–water partition coefficient (Wildman–Crippen LogP) is 2.66. The van der Waals surface area contributed by atoms with Gasteiger partial charge in [0, 0.05) is 19.1 Å². The van der Waals surface area contributed by atoms with E-state index in [1.54, 1.807) is 0 Å². The molecule has 1 heterocycles. The highest BCUT2D eigenvalue weighted by Gasteiger charge is 2.42. The first kappa shape index (κ1) is 11.0. The normalized spacial score (nSPS) is 33.7. The molecule has 2 atom stereocenters. The molecule has 2 heteroatoms. The Bertz CT molecular complexity index is 265. The molecule has 1 saturated carbocycles. The summed E-state index contributed by atoms with van der Waals surface area (Å²) in [5, 5.41) is 9.05. The third-order valence-electron chi connectivity index (χ3n) is 4.25. The SMILES string of the molecule is CC(C)(C)C1CN(C2CCCC2C#N)C1. The molecule has 1 saturated heterocycles. The van der Waals surface area contributed by atoms with Gasteiger partial charge in [-0.3, -0.25) is 4.90 Å². The van der Waals surface area contributed by atoms with E-state index in [1.807, 2.05) is 0 Å². The Kier molecular flexibility index (Phi) is 2.77. The molecule has 2 unspecified atom stereocenters. The molecule has 0 aromatic heterocycles. The zero-order chi connectivity index (χ0) is 11.1. The molecule has 1 aliphatic heterocycles. The third kappa shape index (κ3) is 2.03. The van der Waals surface area contributed by atoms with Gasteiger partial charge in [0.1, 0.15) is 0 Å². The standard InChI is InChI=1S/C13H22N2/c1-13(2,3)11-8-15(9-11)12-6-4-5-10(12)7-14/h10-12H,4-6,8-9H2,1-3H3. The highest BCUT2D eigenvalue weighted by molar-refractivity contribution is 5.01. The Morgan fingerprint density at radius 2 is 1.87 bits per heavy atom. The number of rotatable bonds is 1. The van der Waals surface area contributed by atoms with Crippen molar-refractivity contribution in [2.24, 2.45) is 17.3 Å². The van der Waals surface area contributed by atoms with Gasteiger partial charge >= 0.3 is 0 Å². The molecule has 2 fully saturated rings. The van der Waals surface area contributed by atoms with Crippen LogP contribution in [0.15, 0.2) is 0 Å². The van der Waals surface area contributed by atoms with Crippen molar-refractivity contribution in [1.82, 2.24) is 4.90 Å². The van der Waals surface area contributed by atoms with E-state index in [4.69, 9.17) is 5.26 Å². The van der Waals surface area contributed by atoms with Crippen LogP contribution >= 0.6 is 0 Å². The van der Waals surface area contributed by atoms with Crippen LogP contribution in [0, 0.1) is 28.6 Å². The topological polar surface area (TPSA) is 27.0 Å². The summed E-state index contributed by atoms with van der Waals surface area (Å²) in [6.45, 7) is 9.40. The van der Waals surface area contributed by atoms with Gasteiger partial charge in [-0.2, -0.15) is 5.26 Å². The van der Waals surface area contributed by atoms with Crippen LogP contribution < -0.4 is 0 Å². The summed E-state index contributed by atoms with van der Waals surface area (Å²) in [4.78, 5) is 2.54. The van der Waals surface area contributed by atoms with Crippen molar-refractivity contribution in [3.63, 3.8) is 0 Å². The first-order valence-electron chi connectivity index (χ1n) is 6.16. The van der Waals surface area contributed by atoms with Gasteiger partial charge in [-0.15, -0.1) is 0 Å². The zero-order valence-corrected chi connectivity index (χ0v) is 10.2. The van der Waals surface area contributed by atoms with Crippen molar-refractivity contribution >= 4 is 0 Å². The van der Waals surface area contributed by atoms with Gasteiger partial charge in [0.25, 0.3) is 0 Å². The fourth-order valence-electron chi connectivity index (χ4n) is 2.86. The summed E-state index contributed by atoms with van der Waals surface area (Å²) in [7, 11) is 0. The molecule has 0 radical (unpaired) electrons. The zero-order valence-electron chi connectivity index (χ0n) is 10.2. The molecule has 0 aromatic rings. The Balaban J connectivity index is 1.87. The Hall–Kier alpha value is -0.550. The van der Waals surface area contributed by atoms with Crippen molar-refractivity contribution in [2.45, 2.75) is 46.1 Å². The maximum absolute atomic E-state index is 9.05. The number of likely N-dealkylation sites (tertiary alicyclic amines) is 1. The van der Waals surface area contributed by atoms with Crippen LogP contribution in [0.4, 0.5) is 0 Å². The minimum Gasteiger partial charge on any atom is -0.298 e. The van der Waals surface area contributed by atoms with Gasteiger partial charge in [-0.05, 0) is 24.2 Å². The van der Waals surface area contributed by atoms with Gasteiger partial charge in [0.05, 0.1) is 12.0 Å². The second kappa shape index (κ2) is 3.79. The van der Waals surface area contributed by atoms with E-state index in [0.29, 0.717) is 17.4 Å². The number of hydrogen-bond acceptors (Lipinski definition) is 2. The predicted molar refractivity (Wildman–Crippen MR) is 61.3 cm³/mol. The van der Waals surface area contributed by atoms with Crippen molar-refractivity contribution in [3.05, 3.63) is 0 Å². The van der Waals surface area contributed by atoms with Crippen LogP contribution in [-0.4, -0.2) is 24.0 Å². The average molecular weight is 206 g/mol. The highest BCUT2D eigenvalue weighted by Crippen LogP contribution is 2.39. The van der Waals surface area contributed by atoms with Crippen LogP contribution in [0.2, 0.25) is 0 Å². The van der Waals surface area contributed by atoms with E-state index < -0.39 is 0 Å². The maximum Gasteiger partial charge on any atom is 0.0672 e. The van der Waals surface area contributed by atoms with Crippen molar-refractivity contribution in [2.75, 3.05) is 13.1 Å². The molecule has 15 heavy (non-hydrogen) atoms. The quantitative estimate of drug-likeness (QED) is 0.659. The van der Waals surface area contributed by atoms with Gasteiger partial charge in [0.2, 0.25) is 0 Å². The summed E-state index contributed by atoms with van der Waals surface area (Å²) >= 11 is 0. The number of nitriles is 1. The molecule has 0 spiro atoms. The van der Waals surface area contributed by atoms with E-state index in [2.05, 4.69) is 31.7 Å². The fourth-order valence-corrected chi connectivity index (χ4v) is 2.86. The molecule has 2 rings (SSSR count). The van der Waals surface area contributed by atoms with E-state index in [0.717, 1.165) is 12.3 Å². The second-order valence-corrected chi connectivity index (χ2v) is 6.25. The first-order chi connectivity index (χ1) is 7.02. The molecule has 2 nitrogen and oxygen atoms in total. The van der Waals surface area contributed by atoms with Gasteiger partial charge < -0.3 is 0 Å². The Morgan fingerprint density at radius 1 is 1.20 bits per heavy atom. The first-order valence-corrected chi connectivity index (χ1v) is 6.16. The molecule has 84 valence electrons. The van der Waals surface area contributed by atoms with E-state index in [1.165, 1.54) is 25.9 Å². The number of nitrogens with zero attached hydrogens (tertiary/aromatic N) is 2. The van der Waals surface area contributed by atoms with Gasteiger partial charge in [0.15, 0.2) is 0 Å². The van der Waals surface area contributed by atoms with Crippen LogP contribution in [0.1, 0.15) is 40.0 Å². The lowest BCUT2D eigenvalue weighted by Crippen LogP contribution is -2.56. The lowest BCUT2D eigenvalue weighted by Gasteiger charge is -2.49. The summed E-state index contributed by atoms with van der Waals surface area (Å²) in [6, 6.07) is 3.05. The molecule has 0 aromatic carbocycles. The molecule has 2 aliphatic rings. The Morgan fingerprint density at radius 3 is 2.40 bits per heavy atom. The summed E-state index contributed by atoms with van der Waals surface area (Å²) < 4.78 is 0. The number of hydrogen-bond donors (Lipinski definition) is 0. The minimum atomic E-state index is 0.311. The van der Waals surface area contributed by atoms with Crippen LogP contribution in [-0.2, 0) is 0 Å². The lowest BCUT2D eigenvalue weighted by atomic mass is 9.75. The van der Waals surface area contributed by atoms with Crippen LogP contribution in [0.5, 0.6) is 0 Å². The average Bonchev–Trinajstić information content (AvgIpc) is 2.46. The van der Waals surface area contributed by atoms with E-state index in [-0.39, 0.29) is 0 Å². The van der Waals surface area contributed by atoms with Crippen molar-refractivity contribution in [1.29, 1.82) is 5.26 Å². The molecule has 1 aliphatic carbocycles. The Labute approximate surface area is 93.3 Å². The maximum atomic E-state index is 9.05. The van der Waals surface area contributed by atoms with Crippen molar-refractivity contribution < 1.29 is 0 Å². The molecule has 0 bridgehead atoms. The van der Waals surface area contributed by atoms with Crippen molar-refractivity contribution in [3.8, 4) is 6.07 Å². The highest BCUT2D eigenvalue weighted by atomic mass is 15.2. The molecular weight excluding hydrogens is 184 g/mol. The monoisotopic (exact) mass is 206 g/mol. The molecule has 0 N–H and O–H groups in total. The third-order valence-corrected chi connectivity index (χ3v) is 4.25. The van der Waals surface area contributed by atoms with Gasteiger partial charge in [-0.1, -0.05) is 27.2 Å². The summed E-state index contributed by atoms with van der Waals surface area (Å²) in [5.41, 5.74) is 0.442. The molecule has 0 amide bonds. The fraction of sp³-hybridized carbons (Fsp3) is 0.923. The molecular formula is C13H22N2. The van der Waals surface area contributed by atoms with Gasteiger partial charge in [-0.25, -0.2) is 0 Å². The summed E-state index contributed by atoms with van der Waals surface area (Å²) in [5.74, 6) is 1.14. The minimum absolute atomic E-state index is 0.311. The smallest absolute Gasteiger partial charge is 0.0672 e. The van der Waals surface area contributed by atoms with Crippen LogP contribution in [0.3, 0.4) is 0 Å². The van der Waals surface area contributed by atoms with E-state index in [9.17, 15) is 0 Å². The van der Waals surface area contributed by atoms with Crippen LogP contribution in [0.25, 0.3) is 0 Å². The van der Waals surface area contributed by atoms with E-state index >= 15 is 0 Å². The summed E-state index contributed by atoms with van der Waals surface area (Å²) in [6.07, 6.45) is 3.62.